The quantitative estimate of drug-likeness (QED) is 0.373. The average Bonchev–Trinajstić information content (AvgIpc) is 3.13. The second kappa shape index (κ2) is 8.49. The number of aryl methyl sites for hydroxylation is 1. The van der Waals surface area contributed by atoms with Crippen LogP contribution in [0.4, 0.5) is 5.95 Å². The summed E-state index contributed by atoms with van der Waals surface area (Å²) in [6, 6.07) is 13.6. The van der Waals surface area contributed by atoms with Crippen molar-refractivity contribution < 1.29 is 9.84 Å². The molecule has 2 aromatic carbocycles. The Kier molecular flexibility index (Phi) is 5.59. The highest BCUT2D eigenvalue weighted by Gasteiger charge is 2.19. The van der Waals surface area contributed by atoms with Crippen LogP contribution in [0.15, 0.2) is 64.7 Å². The van der Waals surface area contributed by atoms with E-state index in [-0.39, 0.29) is 24.3 Å². The molecule has 0 radical (unpaired) electrons. The Morgan fingerprint density at radius 3 is 2.81 bits per heavy atom. The predicted molar refractivity (Wildman–Crippen MR) is 120 cm³/mol. The van der Waals surface area contributed by atoms with E-state index in [9.17, 15) is 14.7 Å². The standard InChI is InChI=1S/C22H23N5O4/c1-3-10-23-21-24-19-18(20(29)25-22(30)26(19)2)27(21)12-16(28)13-31-17-9-8-14-6-4-5-7-15(14)11-17/h3-9,11,16,28H,1,10,12-13H2,2H3,(H,23,24)(H,25,29,30)/t16-/m1/s1. The van der Waals surface area contributed by atoms with Crippen molar-refractivity contribution >= 4 is 27.9 Å². The number of aromatic amines is 1. The summed E-state index contributed by atoms with van der Waals surface area (Å²) in [6.07, 6.45) is 0.719. The topological polar surface area (TPSA) is 114 Å². The third-order valence-corrected chi connectivity index (χ3v) is 4.97. The van der Waals surface area contributed by atoms with Gasteiger partial charge < -0.3 is 19.7 Å². The summed E-state index contributed by atoms with van der Waals surface area (Å²) in [7, 11) is 1.52. The van der Waals surface area contributed by atoms with E-state index in [1.54, 1.807) is 10.6 Å². The number of H-pyrrole nitrogens is 1. The van der Waals surface area contributed by atoms with Crippen molar-refractivity contribution in [3.05, 3.63) is 76.0 Å². The van der Waals surface area contributed by atoms with E-state index in [0.29, 0.717) is 18.2 Å². The van der Waals surface area contributed by atoms with Crippen LogP contribution < -0.4 is 21.3 Å². The second-order valence-electron chi connectivity index (χ2n) is 7.18. The number of aliphatic hydroxyl groups is 1. The SMILES string of the molecule is C=CCNc1nc2c(c(=O)[nH]c(=O)n2C)n1C[C@@H](O)COc1ccc2ccccc2c1. The molecule has 4 aromatic rings. The molecule has 4 rings (SSSR count). The summed E-state index contributed by atoms with van der Waals surface area (Å²) in [5.41, 5.74) is -0.709. The van der Waals surface area contributed by atoms with E-state index in [1.807, 2.05) is 42.5 Å². The molecule has 9 nitrogen and oxygen atoms in total. The zero-order valence-corrected chi connectivity index (χ0v) is 17.0. The minimum Gasteiger partial charge on any atom is -0.491 e. The smallest absolute Gasteiger partial charge is 0.329 e. The molecule has 2 heterocycles. The number of benzene rings is 2. The van der Waals surface area contributed by atoms with Crippen molar-refractivity contribution in [3.63, 3.8) is 0 Å². The lowest BCUT2D eigenvalue weighted by Gasteiger charge is -2.16. The van der Waals surface area contributed by atoms with Gasteiger partial charge in [-0.05, 0) is 22.9 Å². The third kappa shape index (κ3) is 4.08. The van der Waals surface area contributed by atoms with Crippen LogP contribution in [0.5, 0.6) is 5.75 Å². The van der Waals surface area contributed by atoms with Crippen LogP contribution in [-0.4, -0.2) is 43.5 Å². The number of anilines is 1. The van der Waals surface area contributed by atoms with Gasteiger partial charge in [-0.1, -0.05) is 36.4 Å². The first kappa shape index (κ1) is 20.4. The van der Waals surface area contributed by atoms with Gasteiger partial charge >= 0.3 is 5.69 Å². The lowest BCUT2D eigenvalue weighted by molar-refractivity contribution is 0.0939. The summed E-state index contributed by atoms with van der Waals surface area (Å²) in [6.45, 7) is 4.13. The fourth-order valence-corrected chi connectivity index (χ4v) is 3.42. The van der Waals surface area contributed by atoms with E-state index in [4.69, 9.17) is 4.74 Å². The lowest BCUT2D eigenvalue weighted by Crippen LogP contribution is -2.31. The fraction of sp³-hybridized carbons (Fsp3) is 0.227. The molecular weight excluding hydrogens is 398 g/mol. The number of ether oxygens (including phenoxy) is 1. The van der Waals surface area contributed by atoms with Crippen molar-refractivity contribution in [2.75, 3.05) is 18.5 Å². The monoisotopic (exact) mass is 421 g/mol. The number of nitrogens with zero attached hydrogens (tertiary/aromatic N) is 3. The average molecular weight is 421 g/mol. The Balaban J connectivity index is 1.58. The van der Waals surface area contributed by atoms with Gasteiger partial charge in [-0.15, -0.1) is 6.58 Å². The van der Waals surface area contributed by atoms with Crippen molar-refractivity contribution in [2.45, 2.75) is 12.6 Å². The van der Waals surface area contributed by atoms with Gasteiger partial charge in [0.25, 0.3) is 5.56 Å². The van der Waals surface area contributed by atoms with Crippen molar-refractivity contribution in [3.8, 4) is 5.75 Å². The molecule has 31 heavy (non-hydrogen) atoms. The number of imidazole rings is 1. The van der Waals surface area contributed by atoms with E-state index < -0.39 is 17.4 Å². The number of aromatic nitrogens is 4. The van der Waals surface area contributed by atoms with Crippen molar-refractivity contribution in [2.24, 2.45) is 7.05 Å². The number of aliphatic hydroxyl groups excluding tert-OH is 1. The van der Waals surface area contributed by atoms with Crippen molar-refractivity contribution in [1.82, 2.24) is 19.1 Å². The summed E-state index contributed by atoms with van der Waals surface area (Å²) < 4.78 is 8.57. The van der Waals surface area contributed by atoms with Gasteiger partial charge in [0.15, 0.2) is 11.2 Å². The zero-order valence-electron chi connectivity index (χ0n) is 17.0. The molecule has 3 N–H and O–H groups in total. The van der Waals surface area contributed by atoms with Gasteiger partial charge in [-0.25, -0.2) is 4.79 Å². The van der Waals surface area contributed by atoms with Crippen molar-refractivity contribution in [1.29, 1.82) is 0 Å². The second-order valence-corrected chi connectivity index (χ2v) is 7.18. The highest BCUT2D eigenvalue weighted by atomic mass is 16.5. The van der Waals surface area contributed by atoms with Gasteiger partial charge in [0.2, 0.25) is 5.95 Å². The molecule has 0 spiro atoms. The van der Waals surface area contributed by atoms with Gasteiger partial charge in [-0.3, -0.25) is 14.3 Å². The molecule has 160 valence electrons. The highest BCUT2D eigenvalue weighted by Crippen LogP contribution is 2.21. The Morgan fingerprint density at radius 1 is 1.26 bits per heavy atom. The summed E-state index contributed by atoms with van der Waals surface area (Å²) >= 11 is 0. The predicted octanol–water partition coefficient (Wildman–Crippen LogP) is 1.61. The zero-order chi connectivity index (χ0) is 22.0. The molecule has 0 amide bonds. The molecule has 0 saturated carbocycles. The third-order valence-electron chi connectivity index (χ3n) is 4.97. The Hall–Kier alpha value is -3.85. The molecule has 0 aliphatic heterocycles. The Labute approximate surface area is 177 Å². The number of hydrogen-bond acceptors (Lipinski definition) is 6. The maximum Gasteiger partial charge on any atom is 0.329 e. The highest BCUT2D eigenvalue weighted by molar-refractivity contribution is 5.83. The van der Waals surface area contributed by atoms with Gasteiger partial charge in [-0.2, -0.15) is 4.98 Å². The molecule has 0 aliphatic rings. The molecule has 0 saturated heterocycles. The summed E-state index contributed by atoms with van der Waals surface area (Å²) in [5, 5.41) is 15.8. The van der Waals surface area contributed by atoms with E-state index in [2.05, 4.69) is 21.9 Å². The number of fused-ring (bicyclic) bond motifs is 2. The largest absolute Gasteiger partial charge is 0.491 e. The molecule has 9 heteroatoms. The first-order valence-electron chi connectivity index (χ1n) is 9.82. The van der Waals surface area contributed by atoms with Gasteiger partial charge in [0.05, 0.1) is 6.54 Å². The van der Waals surface area contributed by atoms with E-state index in [0.717, 1.165) is 10.8 Å². The Bertz CT molecular complexity index is 1370. The molecule has 0 aliphatic carbocycles. The van der Waals surface area contributed by atoms with Crippen LogP contribution in [0.3, 0.4) is 0 Å². The van der Waals surface area contributed by atoms with Crippen LogP contribution in [0.2, 0.25) is 0 Å². The van der Waals surface area contributed by atoms with E-state index in [1.165, 1.54) is 11.6 Å². The molecule has 1 atom stereocenters. The van der Waals surface area contributed by atoms with Crippen LogP contribution in [0.25, 0.3) is 21.9 Å². The minimum atomic E-state index is -0.926. The van der Waals surface area contributed by atoms with E-state index >= 15 is 0 Å². The minimum absolute atomic E-state index is 0.0164. The maximum absolute atomic E-state index is 12.5. The first-order chi connectivity index (χ1) is 15.0. The number of nitrogens with one attached hydrogen (secondary N) is 2. The number of hydrogen-bond donors (Lipinski definition) is 3. The molecule has 0 unspecified atom stereocenters. The Morgan fingerprint density at radius 2 is 2.03 bits per heavy atom. The number of rotatable bonds is 8. The van der Waals surface area contributed by atoms with Crippen LogP contribution in [0, 0.1) is 0 Å². The molecular formula is C22H23N5O4. The van der Waals surface area contributed by atoms with Crippen LogP contribution in [0.1, 0.15) is 0 Å². The van der Waals surface area contributed by atoms with Gasteiger partial charge in [0.1, 0.15) is 18.5 Å². The van der Waals surface area contributed by atoms with Crippen LogP contribution >= 0.6 is 0 Å². The first-order valence-corrected chi connectivity index (χ1v) is 9.82. The molecule has 0 fully saturated rings. The maximum atomic E-state index is 12.5. The summed E-state index contributed by atoms with van der Waals surface area (Å²) in [5.74, 6) is 0.991. The lowest BCUT2D eigenvalue weighted by atomic mass is 10.1. The fourth-order valence-electron chi connectivity index (χ4n) is 3.42. The van der Waals surface area contributed by atoms with Gasteiger partial charge in [0, 0.05) is 13.6 Å². The summed E-state index contributed by atoms with van der Waals surface area (Å²) in [4.78, 5) is 31.0. The van der Waals surface area contributed by atoms with Crippen LogP contribution in [-0.2, 0) is 13.6 Å². The normalized spacial score (nSPS) is 12.2. The molecule has 2 aromatic heterocycles. The molecule has 0 bridgehead atoms.